The number of thiol groups is 2. The van der Waals surface area contributed by atoms with Crippen molar-refractivity contribution in [3.8, 4) is 0 Å². The average molecular weight is 531 g/mol. The molecule has 0 saturated heterocycles. The summed E-state index contributed by atoms with van der Waals surface area (Å²) in [4.78, 5) is 9.50. The number of hydrogen-bond donors (Lipinski definition) is 2. The molecular weight excluding hydrogens is 509 g/mol. The first-order valence-corrected chi connectivity index (χ1v) is 12.7. The summed E-state index contributed by atoms with van der Waals surface area (Å²) in [5.74, 6) is 0. The highest BCUT2D eigenvalue weighted by Gasteiger charge is 2.18. The molecule has 0 fully saturated rings. The maximum absolute atomic E-state index is 4.75. The summed E-state index contributed by atoms with van der Waals surface area (Å²) < 4.78 is 0. The Labute approximate surface area is 231 Å². The van der Waals surface area contributed by atoms with Crippen molar-refractivity contribution in [3.05, 3.63) is 144 Å². The summed E-state index contributed by atoms with van der Waals surface area (Å²) in [6.45, 7) is 0. The lowest BCUT2D eigenvalue weighted by atomic mass is 10.00. The third kappa shape index (κ3) is 6.11. The Morgan fingerprint density at radius 1 is 0.316 bits per heavy atom. The smallest absolute Gasteiger partial charge is 0.206 e. The van der Waals surface area contributed by atoms with Crippen LogP contribution in [-0.2, 0) is 0 Å². The molecule has 0 atom stereocenters. The molecule has 0 aromatic heterocycles. The number of amidine groups is 2. The van der Waals surface area contributed by atoms with Crippen molar-refractivity contribution < 1.29 is 0 Å². The first kappa shape index (κ1) is 25.3. The van der Waals surface area contributed by atoms with Crippen molar-refractivity contribution in [2.24, 2.45) is 30.4 Å². The van der Waals surface area contributed by atoms with Gasteiger partial charge in [-0.15, -0.1) is 45.7 Å². The molecule has 184 valence electrons. The number of nitrogens with zero attached hydrogens (tertiary/aromatic N) is 6. The van der Waals surface area contributed by atoms with Gasteiger partial charge in [0, 0.05) is 22.3 Å². The Bertz CT molecular complexity index is 1470. The van der Waals surface area contributed by atoms with Gasteiger partial charge in [-0.3, -0.25) is 0 Å². The Morgan fingerprint density at radius 3 is 0.868 bits per heavy atom. The van der Waals surface area contributed by atoms with Crippen molar-refractivity contribution in [1.82, 2.24) is 0 Å². The van der Waals surface area contributed by atoms with E-state index in [0.717, 1.165) is 22.3 Å². The fourth-order valence-electron chi connectivity index (χ4n) is 3.81. The summed E-state index contributed by atoms with van der Waals surface area (Å²) in [7, 11) is 0. The molecule has 0 bridgehead atoms. The SMILES string of the molecule is SC1=N/N=C(c2ccccc2)\C(c2ccccc2)=N\C(S)=N/N=C(c2ccccc2)/C(c2ccccc2)=N\1. The predicted octanol–water partition coefficient (Wildman–Crippen LogP) is 6.36. The van der Waals surface area contributed by atoms with Crippen LogP contribution >= 0.6 is 25.3 Å². The van der Waals surface area contributed by atoms with Crippen LogP contribution in [0.2, 0.25) is 0 Å². The molecule has 0 radical (unpaired) electrons. The van der Waals surface area contributed by atoms with Gasteiger partial charge in [-0.1, -0.05) is 121 Å². The molecule has 5 rings (SSSR count). The molecule has 8 heteroatoms. The van der Waals surface area contributed by atoms with E-state index in [1.165, 1.54) is 0 Å². The van der Waals surface area contributed by atoms with Crippen LogP contribution in [0.25, 0.3) is 0 Å². The highest BCUT2D eigenvalue weighted by atomic mass is 32.1. The Kier molecular flexibility index (Phi) is 8.13. The quantitative estimate of drug-likeness (QED) is 0.288. The molecule has 4 aromatic rings. The maximum atomic E-state index is 4.75. The van der Waals surface area contributed by atoms with Crippen LogP contribution < -0.4 is 0 Å². The van der Waals surface area contributed by atoms with Crippen LogP contribution in [0.3, 0.4) is 0 Å². The van der Waals surface area contributed by atoms with Gasteiger partial charge in [-0.25, -0.2) is 9.98 Å². The second kappa shape index (κ2) is 12.2. The summed E-state index contributed by atoms with van der Waals surface area (Å²) in [6.07, 6.45) is 0. The van der Waals surface area contributed by atoms with Crippen molar-refractivity contribution in [3.63, 3.8) is 0 Å². The van der Waals surface area contributed by atoms with E-state index in [9.17, 15) is 0 Å². The number of hydrogen-bond acceptors (Lipinski definition) is 6. The van der Waals surface area contributed by atoms with Crippen molar-refractivity contribution in [1.29, 1.82) is 0 Å². The highest BCUT2D eigenvalue weighted by molar-refractivity contribution is 7.97. The van der Waals surface area contributed by atoms with Gasteiger partial charge in [0.15, 0.2) is 0 Å². The third-order valence-corrected chi connectivity index (χ3v) is 5.92. The van der Waals surface area contributed by atoms with Gasteiger partial charge < -0.3 is 0 Å². The standard InChI is InChI=1S/C30H22N6S2/c37-29-31-25(21-13-5-1-6-14-21)27(23-17-9-3-10-18-23)33-36-30(38)32-26(22-15-7-2-8-16-22)28(34-35-29)24-19-11-4-12-20-24/h1-20H,(H,31,35,37)(H,32,36,38). The van der Waals surface area contributed by atoms with E-state index >= 15 is 0 Å². The molecule has 0 N–H and O–H groups in total. The minimum Gasteiger partial charge on any atom is -0.219 e. The van der Waals surface area contributed by atoms with E-state index in [1.807, 2.05) is 121 Å². The van der Waals surface area contributed by atoms with Crippen LogP contribution in [0.4, 0.5) is 0 Å². The fourth-order valence-corrected chi connectivity index (χ4v) is 4.10. The number of benzene rings is 4. The number of rotatable bonds is 4. The predicted molar refractivity (Wildman–Crippen MR) is 165 cm³/mol. The summed E-state index contributed by atoms with van der Waals surface area (Å²) in [5, 5.41) is 18.3. The van der Waals surface area contributed by atoms with Crippen LogP contribution in [0.1, 0.15) is 22.3 Å². The Morgan fingerprint density at radius 2 is 0.579 bits per heavy atom. The molecule has 6 nitrogen and oxygen atoms in total. The molecule has 1 heterocycles. The largest absolute Gasteiger partial charge is 0.219 e. The monoisotopic (exact) mass is 530 g/mol. The van der Waals surface area contributed by atoms with Gasteiger partial charge in [0.25, 0.3) is 0 Å². The molecular formula is C30H22N6S2. The van der Waals surface area contributed by atoms with Gasteiger partial charge in [0.2, 0.25) is 10.3 Å². The zero-order valence-corrected chi connectivity index (χ0v) is 21.9. The minimum absolute atomic E-state index is 0.156. The van der Waals surface area contributed by atoms with E-state index in [4.69, 9.17) is 9.98 Å². The van der Waals surface area contributed by atoms with E-state index in [-0.39, 0.29) is 10.3 Å². The Hall–Kier alpha value is -4.40. The normalized spacial score (nSPS) is 22.7. The lowest BCUT2D eigenvalue weighted by molar-refractivity contribution is 1.23. The zero-order valence-electron chi connectivity index (χ0n) is 20.1. The molecule has 1 aliphatic rings. The zero-order chi connectivity index (χ0) is 26.2. The van der Waals surface area contributed by atoms with E-state index in [2.05, 4.69) is 45.7 Å². The first-order chi connectivity index (χ1) is 18.7. The molecule has 1 aliphatic heterocycles. The number of aliphatic imine (C=N–C) groups is 2. The topological polar surface area (TPSA) is 74.2 Å². The van der Waals surface area contributed by atoms with Crippen LogP contribution in [0.15, 0.2) is 152 Å². The van der Waals surface area contributed by atoms with Gasteiger partial charge >= 0.3 is 0 Å². The molecule has 0 saturated carbocycles. The van der Waals surface area contributed by atoms with Crippen molar-refractivity contribution in [2.45, 2.75) is 0 Å². The molecule has 0 amide bonds. The lowest BCUT2D eigenvalue weighted by Gasteiger charge is -2.12. The first-order valence-electron chi connectivity index (χ1n) is 11.8. The molecule has 0 spiro atoms. The maximum Gasteiger partial charge on any atom is 0.206 e. The van der Waals surface area contributed by atoms with Crippen molar-refractivity contribution >= 4 is 58.4 Å². The summed E-state index contributed by atoms with van der Waals surface area (Å²) in [6, 6.07) is 38.7. The van der Waals surface area contributed by atoms with Gasteiger partial charge in [0.1, 0.15) is 22.8 Å². The Balaban J connectivity index is 1.78. The van der Waals surface area contributed by atoms with Gasteiger partial charge in [-0.2, -0.15) is 0 Å². The molecule has 4 aromatic carbocycles. The summed E-state index contributed by atoms with van der Waals surface area (Å²) >= 11 is 9.17. The van der Waals surface area contributed by atoms with E-state index in [1.54, 1.807) is 0 Å². The van der Waals surface area contributed by atoms with Crippen LogP contribution in [-0.4, -0.2) is 33.2 Å². The highest BCUT2D eigenvalue weighted by Crippen LogP contribution is 2.16. The average Bonchev–Trinajstić information content (AvgIpc) is 2.97. The second-order valence-electron chi connectivity index (χ2n) is 8.08. The van der Waals surface area contributed by atoms with Crippen LogP contribution in [0, 0.1) is 0 Å². The fraction of sp³-hybridized carbons (Fsp3) is 0. The van der Waals surface area contributed by atoms with Crippen molar-refractivity contribution in [2.75, 3.05) is 0 Å². The molecule has 0 aliphatic carbocycles. The van der Waals surface area contributed by atoms with Crippen LogP contribution in [0.5, 0.6) is 0 Å². The van der Waals surface area contributed by atoms with Gasteiger partial charge in [-0.05, 0) is 0 Å². The molecule has 0 unspecified atom stereocenters. The van der Waals surface area contributed by atoms with E-state index < -0.39 is 0 Å². The summed E-state index contributed by atoms with van der Waals surface area (Å²) in [5.41, 5.74) is 5.41. The van der Waals surface area contributed by atoms with Gasteiger partial charge in [0.05, 0.1) is 0 Å². The van der Waals surface area contributed by atoms with E-state index in [0.29, 0.717) is 22.8 Å². The minimum atomic E-state index is 0.156. The lowest BCUT2D eigenvalue weighted by Crippen LogP contribution is -2.20. The second-order valence-corrected chi connectivity index (χ2v) is 8.88. The molecule has 38 heavy (non-hydrogen) atoms. The third-order valence-electron chi connectivity index (χ3n) is 5.54.